The van der Waals surface area contributed by atoms with Crippen molar-refractivity contribution in [2.45, 2.75) is 39.0 Å². The monoisotopic (exact) mass is 97.1 g/mol. The first kappa shape index (κ1) is 5.14. The molecular formula is C7H13-. The Morgan fingerprint density at radius 2 is 1.86 bits per heavy atom. The lowest BCUT2D eigenvalue weighted by atomic mass is 10.1. The molecule has 0 aromatic rings. The van der Waals surface area contributed by atoms with Gasteiger partial charge in [-0.15, -0.1) is 0 Å². The molecule has 42 valence electrons. The fourth-order valence-electron chi connectivity index (χ4n) is 1.23. The summed E-state index contributed by atoms with van der Waals surface area (Å²) in [5, 5.41) is 0. The fraction of sp³-hybridized carbons (Fsp3) is 0.857. The zero-order valence-corrected chi connectivity index (χ0v) is 5.04. The molecule has 1 saturated carbocycles. The maximum Gasteiger partial charge on any atom is -0.0827 e. The summed E-state index contributed by atoms with van der Waals surface area (Å²) < 4.78 is 0. The Morgan fingerprint density at radius 1 is 1.29 bits per heavy atom. The Balaban J connectivity index is 2.14. The predicted molar refractivity (Wildman–Crippen MR) is 32.0 cm³/mol. The first-order chi connectivity index (χ1) is 3.43. The van der Waals surface area contributed by atoms with Crippen molar-refractivity contribution < 1.29 is 0 Å². The molecule has 7 heavy (non-hydrogen) atoms. The zero-order chi connectivity index (χ0) is 5.11. The van der Waals surface area contributed by atoms with Crippen molar-refractivity contribution in [3.63, 3.8) is 0 Å². The largest absolute Gasteiger partial charge is 0.314 e. The van der Waals surface area contributed by atoms with Gasteiger partial charge >= 0.3 is 0 Å². The second-order valence-corrected chi connectivity index (χ2v) is 2.31. The third-order valence-corrected chi connectivity index (χ3v) is 1.81. The van der Waals surface area contributed by atoms with Gasteiger partial charge in [0, 0.05) is 0 Å². The Hall–Kier alpha value is 0. The average Bonchev–Trinajstić information content (AvgIpc) is 2.14. The third kappa shape index (κ3) is 1.19. The van der Waals surface area contributed by atoms with Gasteiger partial charge in [-0.1, -0.05) is 19.8 Å². The van der Waals surface area contributed by atoms with Gasteiger partial charge in [-0.3, -0.25) is 0 Å². The van der Waals surface area contributed by atoms with Crippen LogP contribution in [-0.4, -0.2) is 0 Å². The van der Waals surface area contributed by atoms with Crippen molar-refractivity contribution in [3.05, 3.63) is 5.92 Å². The predicted octanol–water partition coefficient (Wildman–Crippen LogP) is 2.54. The summed E-state index contributed by atoms with van der Waals surface area (Å²) in [6, 6.07) is 0. The van der Waals surface area contributed by atoms with Gasteiger partial charge in [-0.25, -0.2) is 0 Å². The molecule has 1 fully saturated rings. The molecule has 0 saturated heterocycles. The van der Waals surface area contributed by atoms with E-state index in [1.807, 2.05) is 0 Å². The Labute approximate surface area is 45.9 Å². The van der Waals surface area contributed by atoms with Gasteiger partial charge in [-0.2, -0.15) is 19.3 Å². The summed E-state index contributed by atoms with van der Waals surface area (Å²) in [4.78, 5) is 0. The van der Waals surface area contributed by atoms with E-state index in [0.29, 0.717) is 0 Å². The van der Waals surface area contributed by atoms with Crippen molar-refractivity contribution in [1.29, 1.82) is 0 Å². The molecule has 0 aromatic heterocycles. The molecule has 0 atom stereocenters. The summed E-state index contributed by atoms with van der Waals surface area (Å²) in [6.45, 7) is 2.26. The van der Waals surface area contributed by atoms with Crippen LogP contribution in [0.3, 0.4) is 0 Å². The van der Waals surface area contributed by atoms with E-state index in [1.54, 1.807) is 5.92 Å². The van der Waals surface area contributed by atoms with Crippen LogP contribution in [0.4, 0.5) is 0 Å². The molecule has 1 rings (SSSR count). The molecule has 0 aromatic carbocycles. The highest BCUT2D eigenvalue weighted by atomic mass is 14.2. The maximum absolute atomic E-state index is 2.26. The van der Waals surface area contributed by atoms with Crippen molar-refractivity contribution in [3.8, 4) is 0 Å². The van der Waals surface area contributed by atoms with Gasteiger partial charge in [0.05, 0.1) is 0 Å². The minimum atomic E-state index is 1.33. The summed E-state index contributed by atoms with van der Waals surface area (Å²) in [6.07, 6.45) is 7.11. The van der Waals surface area contributed by atoms with E-state index in [9.17, 15) is 0 Å². The molecule has 1 aliphatic rings. The highest BCUT2D eigenvalue weighted by molar-refractivity contribution is 4.92. The molecular weight excluding hydrogens is 84.1 g/mol. The Kier molecular flexibility index (Phi) is 1.72. The van der Waals surface area contributed by atoms with Gasteiger partial charge in [0.2, 0.25) is 0 Å². The lowest BCUT2D eigenvalue weighted by Crippen LogP contribution is -1.83. The quantitative estimate of drug-likeness (QED) is 0.441. The van der Waals surface area contributed by atoms with E-state index in [0.717, 1.165) is 0 Å². The second kappa shape index (κ2) is 2.34. The van der Waals surface area contributed by atoms with Crippen LogP contribution in [0.1, 0.15) is 39.0 Å². The highest BCUT2D eigenvalue weighted by Crippen LogP contribution is 2.28. The van der Waals surface area contributed by atoms with Crippen LogP contribution >= 0.6 is 0 Å². The van der Waals surface area contributed by atoms with Gasteiger partial charge in [0.25, 0.3) is 0 Å². The van der Waals surface area contributed by atoms with E-state index in [4.69, 9.17) is 0 Å². The molecule has 0 heteroatoms. The number of rotatable bonds is 1. The van der Waals surface area contributed by atoms with Crippen molar-refractivity contribution in [2.75, 3.05) is 0 Å². The molecule has 0 N–H and O–H groups in total. The number of hydrogen-bond acceptors (Lipinski definition) is 0. The Morgan fingerprint density at radius 3 is 2.14 bits per heavy atom. The zero-order valence-electron chi connectivity index (χ0n) is 5.04. The van der Waals surface area contributed by atoms with Crippen molar-refractivity contribution in [1.82, 2.24) is 0 Å². The highest BCUT2D eigenvalue weighted by Gasteiger charge is 1.97. The molecule has 0 spiro atoms. The van der Waals surface area contributed by atoms with Crippen LogP contribution in [0.15, 0.2) is 0 Å². The maximum atomic E-state index is 2.26. The Bertz CT molecular complexity index is 42.0. The molecule has 0 aliphatic heterocycles. The molecule has 0 heterocycles. The van der Waals surface area contributed by atoms with Gasteiger partial charge in [0.1, 0.15) is 0 Å². The van der Waals surface area contributed by atoms with Crippen LogP contribution in [0, 0.1) is 5.92 Å². The van der Waals surface area contributed by atoms with Gasteiger partial charge in [-0.05, 0) is 0 Å². The van der Waals surface area contributed by atoms with Crippen LogP contribution in [0.25, 0.3) is 0 Å². The molecule has 0 radical (unpaired) electrons. The van der Waals surface area contributed by atoms with Crippen molar-refractivity contribution in [2.24, 2.45) is 0 Å². The first-order valence-electron chi connectivity index (χ1n) is 3.27. The van der Waals surface area contributed by atoms with E-state index in [2.05, 4.69) is 6.92 Å². The summed E-state index contributed by atoms with van der Waals surface area (Å²) in [5.74, 6) is 1.79. The first-order valence-corrected chi connectivity index (χ1v) is 3.27. The lowest BCUT2D eigenvalue weighted by Gasteiger charge is -2.17. The molecule has 0 bridgehead atoms. The number of hydrogen-bond donors (Lipinski definition) is 0. The van der Waals surface area contributed by atoms with E-state index < -0.39 is 0 Å². The molecule has 0 amide bonds. The minimum Gasteiger partial charge on any atom is -0.314 e. The van der Waals surface area contributed by atoms with Crippen molar-refractivity contribution >= 4 is 0 Å². The second-order valence-electron chi connectivity index (χ2n) is 2.31. The summed E-state index contributed by atoms with van der Waals surface area (Å²) in [7, 11) is 0. The molecule has 1 aliphatic carbocycles. The minimum absolute atomic E-state index is 1.33. The lowest BCUT2D eigenvalue weighted by molar-refractivity contribution is 0.815. The fourth-order valence-corrected chi connectivity index (χ4v) is 1.23. The van der Waals surface area contributed by atoms with E-state index in [-0.39, 0.29) is 0 Å². The summed E-state index contributed by atoms with van der Waals surface area (Å²) >= 11 is 0. The van der Waals surface area contributed by atoms with Gasteiger partial charge in [0.15, 0.2) is 0 Å². The van der Waals surface area contributed by atoms with Crippen LogP contribution < -0.4 is 0 Å². The van der Waals surface area contributed by atoms with Crippen LogP contribution in [0.2, 0.25) is 0 Å². The molecule has 0 unspecified atom stereocenters. The summed E-state index contributed by atoms with van der Waals surface area (Å²) in [5.41, 5.74) is 0. The van der Waals surface area contributed by atoms with Crippen LogP contribution in [0.5, 0.6) is 0 Å². The normalized spacial score (nSPS) is 23.6. The third-order valence-electron chi connectivity index (χ3n) is 1.81. The topological polar surface area (TPSA) is 0 Å². The van der Waals surface area contributed by atoms with E-state index in [1.165, 1.54) is 32.1 Å². The standard InChI is InChI=1S/C7H13/c1-2-7-5-3-4-6-7/h2-6H2,1H3/q-1. The molecule has 0 nitrogen and oxygen atoms in total. The average molecular weight is 97.2 g/mol. The van der Waals surface area contributed by atoms with E-state index >= 15 is 0 Å². The van der Waals surface area contributed by atoms with Crippen LogP contribution in [-0.2, 0) is 0 Å². The van der Waals surface area contributed by atoms with Gasteiger partial charge < -0.3 is 5.92 Å². The smallest absolute Gasteiger partial charge is 0.0827 e. The SMILES string of the molecule is CC[C-]1CCCC1.